The fourth-order valence-corrected chi connectivity index (χ4v) is 2.09. The Hall–Kier alpha value is -2.15. The van der Waals surface area contributed by atoms with Crippen LogP contribution in [-0.4, -0.2) is 6.72 Å². The van der Waals surface area contributed by atoms with Crippen molar-refractivity contribution in [2.24, 2.45) is 4.99 Å². The van der Waals surface area contributed by atoms with Crippen LogP contribution in [0.3, 0.4) is 0 Å². The monoisotopic (exact) mass is 205 g/mol. The van der Waals surface area contributed by atoms with E-state index in [4.69, 9.17) is 0 Å². The van der Waals surface area contributed by atoms with E-state index in [2.05, 4.69) is 54.2 Å². The van der Waals surface area contributed by atoms with Gasteiger partial charge in [0.25, 0.3) is 0 Å². The maximum atomic E-state index is 4.06. The van der Waals surface area contributed by atoms with Gasteiger partial charge in [0, 0.05) is 5.39 Å². The minimum atomic E-state index is 0.947. The lowest BCUT2D eigenvalue weighted by Crippen LogP contribution is -1.76. The normalized spacial score (nSPS) is 10.8. The summed E-state index contributed by atoms with van der Waals surface area (Å²) in [5, 5.41) is 4.88. The zero-order chi connectivity index (χ0) is 11.0. The number of fused-ring (bicyclic) bond motifs is 2. The molecule has 0 radical (unpaired) electrons. The molecule has 0 saturated carbocycles. The molecule has 3 rings (SSSR count). The molecule has 1 heteroatoms. The van der Waals surface area contributed by atoms with Crippen molar-refractivity contribution < 1.29 is 0 Å². The Labute approximate surface area is 94.1 Å². The first-order chi connectivity index (χ1) is 7.88. The molecule has 0 aromatic heterocycles. The van der Waals surface area contributed by atoms with Crippen LogP contribution in [0, 0.1) is 0 Å². The van der Waals surface area contributed by atoms with Crippen LogP contribution >= 0.6 is 0 Å². The predicted molar refractivity (Wildman–Crippen MR) is 70.7 cm³/mol. The lowest BCUT2D eigenvalue weighted by Gasteiger charge is -2.04. The molecule has 0 aliphatic heterocycles. The third kappa shape index (κ3) is 1.29. The van der Waals surface area contributed by atoms with E-state index in [1.54, 1.807) is 0 Å². The number of benzene rings is 3. The standard InChI is InChI=1S/C15H11N/c1-16-15-8-4-7-13-9-11-5-2-3-6-12(11)10-14(13)15/h2-10H,1H2. The summed E-state index contributed by atoms with van der Waals surface area (Å²) in [5.74, 6) is 0. The summed E-state index contributed by atoms with van der Waals surface area (Å²) in [6.45, 7) is 3.61. The van der Waals surface area contributed by atoms with Crippen LogP contribution in [0.2, 0.25) is 0 Å². The second kappa shape index (κ2) is 3.46. The van der Waals surface area contributed by atoms with Crippen LogP contribution < -0.4 is 0 Å². The van der Waals surface area contributed by atoms with Crippen LogP contribution in [0.25, 0.3) is 21.5 Å². The molecule has 0 aliphatic carbocycles. The van der Waals surface area contributed by atoms with E-state index < -0.39 is 0 Å². The van der Waals surface area contributed by atoms with Crippen molar-refractivity contribution in [3.63, 3.8) is 0 Å². The van der Waals surface area contributed by atoms with Gasteiger partial charge in [-0.25, -0.2) is 0 Å². The third-order valence-electron chi connectivity index (χ3n) is 2.89. The Balaban J connectivity index is 2.51. The Bertz CT molecular complexity index is 683. The van der Waals surface area contributed by atoms with Crippen molar-refractivity contribution in [2.75, 3.05) is 0 Å². The molecular formula is C15H11N. The van der Waals surface area contributed by atoms with E-state index in [9.17, 15) is 0 Å². The van der Waals surface area contributed by atoms with Gasteiger partial charge in [0.05, 0.1) is 5.69 Å². The van der Waals surface area contributed by atoms with E-state index in [1.165, 1.54) is 16.2 Å². The fourth-order valence-electron chi connectivity index (χ4n) is 2.09. The van der Waals surface area contributed by atoms with E-state index >= 15 is 0 Å². The van der Waals surface area contributed by atoms with Crippen LogP contribution in [0.4, 0.5) is 5.69 Å². The van der Waals surface area contributed by atoms with Crippen molar-refractivity contribution in [1.29, 1.82) is 0 Å². The molecule has 0 unspecified atom stereocenters. The quantitative estimate of drug-likeness (QED) is 0.414. The van der Waals surface area contributed by atoms with Crippen molar-refractivity contribution in [3.05, 3.63) is 54.6 Å². The second-order valence-corrected chi connectivity index (χ2v) is 3.86. The van der Waals surface area contributed by atoms with E-state index in [0.29, 0.717) is 0 Å². The molecule has 0 fully saturated rings. The van der Waals surface area contributed by atoms with Gasteiger partial charge in [-0.05, 0) is 41.1 Å². The van der Waals surface area contributed by atoms with Crippen molar-refractivity contribution in [1.82, 2.24) is 0 Å². The maximum absolute atomic E-state index is 4.06. The van der Waals surface area contributed by atoms with Gasteiger partial charge in [0.2, 0.25) is 0 Å². The molecule has 0 aliphatic rings. The SMILES string of the molecule is C=Nc1cccc2cc3ccccc3cc12. The number of nitrogens with zero attached hydrogens (tertiary/aromatic N) is 1. The molecule has 76 valence electrons. The molecular weight excluding hydrogens is 194 g/mol. The first kappa shape index (κ1) is 9.10. The summed E-state index contributed by atoms with van der Waals surface area (Å²) in [6.07, 6.45) is 0. The van der Waals surface area contributed by atoms with Crippen LogP contribution in [-0.2, 0) is 0 Å². The molecule has 1 nitrogen and oxygen atoms in total. The van der Waals surface area contributed by atoms with Gasteiger partial charge in [0.15, 0.2) is 0 Å². The number of aliphatic imine (C=N–C) groups is 1. The predicted octanol–water partition coefficient (Wildman–Crippen LogP) is 4.33. The topological polar surface area (TPSA) is 12.4 Å². The molecule has 3 aromatic carbocycles. The highest BCUT2D eigenvalue weighted by Gasteiger charge is 2.00. The van der Waals surface area contributed by atoms with Gasteiger partial charge in [-0.15, -0.1) is 0 Å². The number of hydrogen-bond acceptors (Lipinski definition) is 1. The van der Waals surface area contributed by atoms with Gasteiger partial charge in [0.1, 0.15) is 0 Å². The molecule has 0 saturated heterocycles. The van der Waals surface area contributed by atoms with Gasteiger partial charge in [-0.1, -0.05) is 36.4 Å². The van der Waals surface area contributed by atoms with Crippen LogP contribution in [0.1, 0.15) is 0 Å². The van der Waals surface area contributed by atoms with Gasteiger partial charge in [-0.3, -0.25) is 4.99 Å². The average Bonchev–Trinajstić information content (AvgIpc) is 2.35. The largest absolute Gasteiger partial charge is 0.264 e. The lowest BCUT2D eigenvalue weighted by molar-refractivity contribution is 1.61. The van der Waals surface area contributed by atoms with Crippen LogP contribution in [0.5, 0.6) is 0 Å². The Morgan fingerprint density at radius 1 is 0.750 bits per heavy atom. The van der Waals surface area contributed by atoms with Crippen LogP contribution in [0.15, 0.2) is 59.6 Å². The minimum Gasteiger partial charge on any atom is -0.264 e. The third-order valence-corrected chi connectivity index (χ3v) is 2.89. The van der Waals surface area contributed by atoms with Gasteiger partial charge < -0.3 is 0 Å². The summed E-state index contributed by atoms with van der Waals surface area (Å²) in [7, 11) is 0. The Kier molecular flexibility index (Phi) is 1.97. The molecule has 0 bridgehead atoms. The smallest absolute Gasteiger partial charge is 0.0700 e. The fraction of sp³-hybridized carbons (Fsp3) is 0. The van der Waals surface area contributed by atoms with E-state index in [-0.39, 0.29) is 0 Å². The molecule has 0 spiro atoms. The lowest BCUT2D eigenvalue weighted by atomic mass is 10.0. The molecule has 0 amide bonds. The summed E-state index contributed by atoms with van der Waals surface area (Å²) in [4.78, 5) is 4.06. The van der Waals surface area contributed by atoms with Crippen molar-refractivity contribution >= 4 is 33.9 Å². The van der Waals surface area contributed by atoms with E-state index in [1.807, 2.05) is 12.1 Å². The summed E-state index contributed by atoms with van der Waals surface area (Å²) < 4.78 is 0. The summed E-state index contributed by atoms with van der Waals surface area (Å²) in [6, 6.07) is 18.8. The number of hydrogen-bond donors (Lipinski definition) is 0. The molecule has 0 heterocycles. The highest BCUT2D eigenvalue weighted by molar-refractivity contribution is 6.03. The van der Waals surface area contributed by atoms with Crippen molar-refractivity contribution in [3.8, 4) is 0 Å². The van der Waals surface area contributed by atoms with Crippen molar-refractivity contribution in [2.45, 2.75) is 0 Å². The summed E-state index contributed by atoms with van der Waals surface area (Å²) in [5.41, 5.74) is 0.947. The molecule has 0 N–H and O–H groups in total. The highest BCUT2D eigenvalue weighted by atomic mass is 14.7. The number of rotatable bonds is 1. The van der Waals surface area contributed by atoms with Gasteiger partial charge >= 0.3 is 0 Å². The molecule has 3 aromatic rings. The second-order valence-electron chi connectivity index (χ2n) is 3.86. The molecule has 0 atom stereocenters. The average molecular weight is 205 g/mol. The minimum absolute atomic E-state index is 0.947. The van der Waals surface area contributed by atoms with E-state index in [0.717, 1.165) is 11.1 Å². The summed E-state index contributed by atoms with van der Waals surface area (Å²) >= 11 is 0. The molecule has 16 heavy (non-hydrogen) atoms. The Morgan fingerprint density at radius 2 is 1.44 bits per heavy atom. The maximum Gasteiger partial charge on any atom is 0.0700 e. The Morgan fingerprint density at radius 3 is 2.19 bits per heavy atom. The zero-order valence-corrected chi connectivity index (χ0v) is 8.85. The first-order valence-electron chi connectivity index (χ1n) is 5.27. The zero-order valence-electron chi connectivity index (χ0n) is 8.85. The first-order valence-corrected chi connectivity index (χ1v) is 5.27. The highest BCUT2D eigenvalue weighted by Crippen LogP contribution is 2.29. The van der Waals surface area contributed by atoms with Gasteiger partial charge in [-0.2, -0.15) is 0 Å².